The molecule has 0 saturated carbocycles. The van der Waals surface area contributed by atoms with Gasteiger partial charge in [0.25, 0.3) is 0 Å². The van der Waals surface area contributed by atoms with Gasteiger partial charge in [-0.15, -0.1) is 0 Å². The Kier molecular flexibility index (Phi) is 8.46. The van der Waals surface area contributed by atoms with Gasteiger partial charge < -0.3 is 0 Å². The average molecular weight is 475 g/mol. The predicted octanol–water partition coefficient (Wildman–Crippen LogP) is 9.19. The summed E-state index contributed by atoms with van der Waals surface area (Å²) in [5.41, 5.74) is 2.93. The molecule has 0 aromatic heterocycles. The van der Waals surface area contributed by atoms with E-state index in [9.17, 15) is 0 Å². The molecule has 2 aromatic rings. The van der Waals surface area contributed by atoms with Crippen LogP contribution in [0.25, 0.3) is 0 Å². The highest BCUT2D eigenvalue weighted by Crippen LogP contribution is 2.71. The van der Waals surface area contributed by atoms with Gasteiger partial charge in [0.15, 0.2) is 0 Å². The zero-order valence-electron chi connectivity index (χ0n) is 19.6. The highest BCUT2D eigenvalue weighted by Gasteiger charge is 2.30. The second kappa shape index (κ2) is 9.85. The van der Waals surface area contributed by atoms with Gasteiger partial charge in [-0.25, -0.2) is 0 Å². The largest absolute Gasteiger partial charge is 0.0843 e. The molecule has 0 aliphatic heterocycles. The van der Waals surface area contributed by atoms with E-state index in [2.05, 4.69) is 121 Å². The van der Waals surface area contributed by atoms with Gasteiger partial charge in [0.1, 0.15) is 0 Å². The molecule has 0 spiro atoms. The van der Waals surface area contributed by atoms with Crippen LogP contribution in [0.4, 0.5) is 0 Å². The van der Waals surface area contributed by atoms with Crippen molar-refractivity contribution >= 4 is 49.1 Å². The van der Waals surface area contributed by atoms with Crippen LogP contribution in [0.3, 0.4) is 0 Å². The summed E-state index contributed by atoms with van der Waals surface area (Å²) in [7, 11) is 0.101. The first-order valence-corrected chi connectivity index (χ1v) is 21.9. The van der Waals surface area contributed by atoms with E-state index in [0.29, 0.717) is 5.16 Å². The van der Waals surface area contributed by atoms with E-state index in [1.54, 1.807) is 25.6 Å². The lowest BCUT2D eigenvalue weighted by molar-refractivity contribution is 0.800. The molecule has 0 saturated heterocycles. The van der Waals surface area contributed by atoms with Crippen molar-refractivity contribution in [3.05, 3.63) is 71.8 Å². The van der Waals surface area contributed by atoms with Crippen LogP contribution in [-0.2, 0) is 0 Å². The van der Waals surface area contributed by atoms with Gasteiger partial charge in [-0.05, 0) is 26.1 Å². The number of rotatable bonds is 6. The molecule has 29 heavy (non-hydrogen) atoms. The van der Waals surface area contributed by atoms with Gasteiger partial charge in [0.05, 0.1) is 16.1 Å². The molecule has 0 N–H and O–H groups in total. The summed E-state index contributed by atoms with van der Waals surface area (Å²) in [6.45, 7) is 22.4. The summed E-state index contributed by atoms with van der Waals surface area (Å²) in [6.07, 6.45) is 0. The molecule has 0 aliphatic rings. The fourth-order valence-corrected chi connectivity index (χ4v) is 23.5. The number of hydrogen-bond donors (Lipinski definition) is 0. The van der Waals surface area contributed by atoms with E-state index in [1.807, 2.05) is 0 Å². The Labute approximate surface area is 185 Å². The van der Waals surface area contributed by atoms with E-state index >= 15 is 0 Å². The van der Waals surface area contributed by atoms with E-state index in [0.717, 1.165) is 0 Å². The van der Waals surface area contributed by atoms with Crippen LogP contribution in [0.1, 0.15) is 31.9 Å². The molecule has 0 atom stereocenters. The van der Waals surface area contributed by atoms with Crippen molar-refractivity contribution in [3.63, 3.8) is 0 Å². The molecular formula is C24H37P3Si2. The maximum atomic E-state index is 2.51. The van der Waals surface area contributed by atoms with Crippen molar-refractivity contribution in [1.82, 2.24) is 0 Å². The summed E-state index contributed by atoms with van der Waals surface area (Å²) in [5, 5.41) is 0.317. The molecule has 0 unspecified atom stereocenters. The fraction of sp³-hybridized carbons (Fsp3) is 0.417. The SMILES string of the molecule is CC(C)(C)P(P=C(c1ccccc1)[Si](C)(C)C)P=C(c1ccccc1)[Si](C)(C)C. The molecule has 2 aromatic carbocycles. The third kappa shape index (κ3) is 7.38. The Morgan fingerprint density at radius 2 is 0.931 bits per heavy atom. The van der Waals surface area contributed by atoms with Crippen molar-refractivity contribution in [1.29, 1.82) is 0 Å². The summed E-state index contributed by atoms with van der Waals surface area (Å²) in [5.74, 6) is 0. The first-order chi connectivity index (χ1) is 13.3. The normalized spacial score (nSPS) is 15.3. The minimum absolute atomic E-state index is 0.216. The molecule has 0 heterocycles. The van der Waals surface area contributed by atoms with Gasteiger partial charge in [-0.2, -0.15) is 0 Å². The van der Waals surface area contributed by atoms with E-state index < -0.39 is 16.1 Å². The van der Waals surface area contributed by atoms with Crippen molar-refractivity contribution in [2.75, 3.05) is 0 Å². The average Bonchev–Trinajstić information content (AvgIpc) is 2.60. The maximum Gasteiger partial charge on any atom is 0.0843 e. The second-order valence-electron chi connectivity index (χ2n) is 10.6. The summed E-state index contributed by atoms with van der Waals surface area (Å²) >= 11 is 0. The first kappa shape index (κ1) is 24.9. The molecule has 0 nitrogen and oxygen atoms in total. The molecule has 0 amide bonds. The molecule has 5 heteroatoms. The summed E-state index contributed by atoms with van der Waals surface area (Å²) in [6, 6.07) is 22.4. The van der Waals surface area contributed by atoms with E-state index in [-0.39, 0.29) is 7.30 Å². The van der Waals surface area contributed by atoms with Crippen LogP contribution in [0.5, 0.6) is 0 Å². The lowest BCUT2D eigenvalue weighted by Gasteiger charge is -2.31. The van der Waals surface area contributed by atoms with Crippen LogP contribution in [0.15, 0.2) is 60.7 Å². The van der Waals surface area contributed by atoms with Gasteiger partial charge in [-0.3, -0.25) is 0 Å². The number of benzene rings is 2. The Balaban J connectivity index is 2.69. The van der Waals surface area contributed by atoms with Crippen LogP contribution in [0, 0.1) is 0 Å². The van der Waals surface area contributed by atoms with Gasteiger partial charge in [0, 0.05) is 7.30 Å². The third-order valence-corrected chi connectivity index (χ3v) is 23.8. The summed E-state index contributed by atoms with van der Waals surface area (Å²) in [4.78, 5) is 3.43. The Morgan fingerprint density at radius 1 is 0.621 bits per heavy atom. The highest BCUT2D eigenvalue weighted by atomic mass is 32.4. The Bertz CT molecular complexity index is 785. The quantitative estimate of drug-likeness (QED) is 0.289. The van der Waals surface area contributed by atoms with Gasteiger partial charge in [-0.1, -0.05) is 137 Å². The van der Waals surface area contributed by atoms with E-state index in [4.69, 9.17) is 0 Å². The van der Waals surface area contributed by atoms with Crippen molar-refractivity contribution in [2.45, 2.75) is 65.2 Å². The third-order valence-electron chi connectivity index (χ3n) is 4.50. The minimum Gasteiger partial charge on any atom is -0.0664 e. The van der Waals surface area contributed by atoms with E-state index in [1.165, 1.54) is 11.1 Å². The molecule has 0 radical (unpaired) electrons. The van der Waals surface area contributed by atoms with Crippen LogP contribution in [-0.4, -0.2) is 31.1 Å². The minimum atomic E-state index is -1.43. The van der Waals surface area contributed by atoms with Crippen LogP contribution < -0.4 is 0 Å². The molecule has 156 valence electrons. The number of hydrogen-bond acceptors (Lipinski definition) is 0. The highest BCUT2D eigenvalue weighted by molar-refractivity contribution is 8.52. The zero-order valence-corrected chi connectivity index (χ0v) is 24.3. The molecule has 0 bridgehead atoms. The van der Waals surface area contributed by atoms with Gasteiger partial charge >= 0.3 is 0 Å². The lowest BCUT2D eigenvalue weighted by atomic mass is 10.2. The monoisotopic (exact) mass is 474 g/mol. The second-order valence-corrected chi connectivity index (χ2v) is 29.2. The van der Waals surface area contributed by atoms with Crippen LogP contribution >= 0.6 is 23.1 Å². The first-order valence-electron chi connectivity index (χ1n) is 10.4. The fourth-order valence-electron chi connectivity index (χ4n) is 2.99. The van der Waals surface area contributed by atoms with Crippen molar-refractivity contribution in [3.8, 4) is 0 Å². The summed E-state index contributed by atoms with van der Waals surface area (Å²) < 4.78 is 0. The predicted molar refractivity (Wildman–Crippen MR) is 148 cm³/mol. The van der Waals surface area contributed by atoms with Crippen molar-refractivity contribution in [2.24, 2.45) is 0 Å². The van der Waals surface area contributed by atoms with Crippen molar-refractivity contribution < 1.29 is 0 Å². The standard InChI is InChI=1S/C24H37P3Si2/c1-24(2,3)27(25-22(28(4,5)6)20-16-12-10-13-17-20)26-23(29(7,8)9)21-18-14-11-15-19-21/h10-19H,1-9H3. The molecular weight excluding hydrogens is 437 g/mol. The van der Waals surface area contributed by atoms with Crippen LogP contribution in [0.2, 0.25) is 39.3 Å². The molecule has 2 rings (SSSR count). The maximum absolute atomic E-state index is 2.51. The lowest BCUT2D eigenvalue weighted by Crippen LogP contribution is -2.33. The van der Waals surface area contributed by atoms with Gasteiger partial charge in [0.2, 0.25) is 0 Å². The smallest absolute Gasteiger partial charge is 0.0664 e. The zero-order chi connectivity index (χ0) is 21.9. The Morgan fingerprint density at radius 3 is 1.17 bits per heavy atom. The Hall–Kier alpha value is -0.356. The topological polar surface area (TPSA) is 0 Å². The molecule has 0 aliphatic carbocycles. The molecule has 0 fully saturated rings.